The predicted molar refractivity (Wildman–Crippen MR) is 121 cm³/mol. The van der Waals surface area contributed by atoms with E-state index in [0.717, 1.165) is 31.5 Å². The molecule has 3 rings (SSSR count). The van der Waals surface area contributed by atoms with Gasteiger partial charge in [0, 0.05) is 19.2 Å². The third-order valence-corrected chi connectivity index (χ3v) is 4.90. The number of carbonyl (C=O) groups is 2. The normalized spacial score (nSPS) is 13.2. The number of likely N-dealkylation sites (tertiary alicyclic amines) is 1. The fourth-order valence-corrected chi connectivity index (χ4v) is 3.26. The SMILES string of the molecule is CCOc1cc(C=CC(=O)OCC(=O)N2CCCC2)ccc1OCCOc1ccc(F)cc1. The van der Waals surface area contributed by atoms with E-state index in [2.05, 4.69) is 0 Å². The molecule has 1 amide bonds. The number of carbonyl (C=O) groups excluding carboxylic acids is 2. The van der Waals surface area contributed by atoms with Gasteiger partial charge in [0.15, 0.2) is 18.1 Å². The van der Waals surface area contributed by atoms with E-state index in [1.807, 2.05) is 6.92 Å². The summed E-state index contributed by atoms with van der Waals surface area (Å²) in [4.78, 5) is 25.6. The third kappa shape index (κ3) is 7.82. The van der Waals surface area contributed by atoms with Crippen LogP contribution in [-0.2, 0) is 14.3 Å². The van der Waals surface area contributed by atoms with Crippen molar-refractivity contribution in [3.8, 4) is 17.2 Å². The van der Waals surface area contributed by atoms with E-state index >= 15 is 0 Å². The lowest BCUT2D eigenvalue weighted by molar-refractivity contribution is -0.147. The Morgan fingerprint density at radius 1 is 0.970 bits per heavy atom. The maximum atomic E-state index is 12.9. The maximum Gasteiger partial charge on any atom is 0.331 e. The first-order valence-corrected chi connectivity index (χ1v) is 11.0. The number of rotatable bonds is 11. The molecule has 0 radical (unpaired) electrons. The third-order valence-electron chi connectivity index (χ3n) is 4.90. The molecule has 2 aromatic carbocycles. The molecule has 1 saturated heterocycles. The Balaban J connectivity index is 1.48. The van der Waals surface area contributed by atoms with Gasteiger partial charge in [-0.3, -0.25) is 4.79 Å². The van der Waals surface area contributed by atoms with E-state index in [1.54, 1.807) is 41.3 Å². The van der Waals surface area contributed by atoms with Crippen LogP contribution < -0.4 is 14.2 Å². The zero-order chi connectivity index (χ0) is 23.5. The summed E-state index contributed by atoms with van der Waals surface area (Å²) in [5.41, 5.74) is 0.719. The van der Waals surface area contributed by atoms with Crippen molar-refractivity contribution in [3.05, 3.63) is 59.9 Å². The van der Waals surface area contributed by atoms with Gasteiger partial charge in [-0.25, -0.2) is 9.18 Å². The summed E-state index contributed by atoms with van der Waals surface area (Å²) in [5.74, 6) is 0.545. The standard InChI is InChI=1S/C25H28FNO6/c1-2-30-23-17-19(6-12-25(29)33-18-24(28)27-13-3-4-14-27)5-11-22(23)32-16-15-31-21-9-7-20(26)8-10-21/h5-12,17H,2-4,13-16,18H2,1H3. The maximum absolute atomic E-state index is 12.9. The Morgan fingerprint density at radius 2 is 1.70 bits per heavy atom. The lowest BCUT2D eigenvalue weighted by Crippen LogP contribution is -2.31. The minimum atomic E-state index is -0.584. The molecular formula is C25H28FNO6. The second-order valence-corrected chi connectivity index (χ2v) is 7.32. The number of amides is 1. The molecule has 0 spiro atoms. The fraction of sp³-hybridized carbons (Fsp3) is 0.360. The number of esters is 1. The summed E-state index contributed by atoms with van der Waals surface area (Å²) in [7, 11) is 0. The second-order valence-electron chi connectivity index (χ2n) is 7.32. The number of halogens is 1. The summed E-state index contributed by atoms with van der Waals surface area (Å²) in [6.45, 7) is 4.04. The summed E-state index contributed by atoms with van der Waals surface area (Å²) in [6, 6.07) is 11.0. The minimum Gasteiger partial charge on any atom is -0.490 e. The Hall–Kier alpha value is -3.55. The molecule has 0 saturated carbocycles. The van der Waals surface area contributed by atoms with E-state index in [1.165, 1.54) is 18.2 Å². The molecule has 0 N–H and O–H groups in total. The molecule has 0 aromatic heterocycles. The summed E-state index contributed by atoms with van der Waals surface area (Å²) < 4.78 is 34.9. The Labute approximate surface area is 192 Å². The van der Waals surface area contributed by atoms with Gasteiger partial charge in [-0.15, -0.1) is 0 Å². The van der Waals surface area contributed by atoms with Crippen LogP contribution in [0.15, 0.2) is 48.5 Å². The van der Waals surface area contributed by atoms with E-state index in [0.29, 0.717) is 23.9 Å². The summed E-state index contributed by atoms with van der Waals surface area (Å²) in [5, 5.41) is 0. The molecule has 8 heteroatoms. The van der Waals surface area contributed by atoms with Crippen molar-refractivity contribution < 1.29 is 32.9 Å². The van der Waals surface area contributed by atoms with Gasteiger partial charge in [0.2, 0.25) is 0 Å². The van der Waals surface area contributed by atoms with E-state index < -0.39 is 5.97 Å². The Kier molecular flexibility index (Phi) is 9.11. The molecule has 33 heavy (non-hydrogen) atoms. The van der Waals surface area contributed by atoms with Gasteiger partial charge >= 0.3 is 5.97 Å². The molecule has 0 atom stereocenters. The molecule has 1 aliphatic heterocycles. The van der Waals surface area contributed by atoms with Crippen LogP contribution in [-0.4, -0.2) is 56.3 Å². The molecule has 176 valence electrons. The largest absolute Gasteiger partial charge is 0.490 e. The smallest absolute Gasteiger partial charge is 0.331 e. The molecule has 1 heterocycles. The first-order chi connectivity index (χ1) is 16.0. The zero-order valence-electron chi connectivity index (χ0n) is 18.6. The van der Waals surface area contributed by atoms with E-state index in [9.17, 15) is 14.0 Å². The van der Waals surface area contributed by atoms with Crippen molar-refractivity contribution >= 4 is 18.0 Å². The second kappa shape index (κ2) is 12.5. The average Bonchev–Trinajstić information content (AvgIpc) is 3.36. The monoisotopic (exact) mass is 457 g/mol. The highest BCUT2D eigenvalue weighted by Gasteiger charge is 2.18. The Bertz CT molecular complexity index is 954. The molecule has 0 unspecified atom stereocenters. The number of hydrogen-bond acceptors (Lipinski definition) is 6. The van der Waals surface area contributed by atoms with Crippen LogP contribution in [0.1, 0.15) is 25.3 Å². The van der Waals surface area contributed by atoms with E-state index in [-0.39, 0.29) is 31.5 Å². The number of ether oxygens (including phenoxy) is 4. The molecule has 7 nitrogen and oxygen atoms in total. The molecule has 1 fully saturated rings. The first-order valence-electron chi connectivity index (χ1n) is 11.0. The number of hydrogen-bond donors (Lipinski definition) is 0. The predicted octanol–water partition coefficient (Wildman–Crippen LogP) is 3.86. The lowest BCUT2D eigenvalue weighted by atomic mass is 10.2. The fourth-order valence-electron chi connectivity index (χ4n) is 3.26. The minimum absolute atomic E-state index is 0.169. The summed E-state index contributed by atoms with van der Waals surface area (Å²) >= 11 is 0. The highest BCUT2D eigenvalue weighted by molar-refractivity contribution is 5.89. The van der Waals surface area contributed by atoms with Crippen molar-refractivity contribution in [3.63, 3.8) is 0 Å². The van der Waals surface area contributed by atoms with Gasteiger partial charge in [-0.2, -0.15) is 0 Å². The lowest BCUT2D eigenvalue weighted by Gasteiger charge is -2.14. The van der Waals surface area contributed by atoms with Crippen LogP contribution in [0.5, 0.6) is 17.2 Å². The average molecular weight is 457 g/mol. The van der Waals surface area contributed by atoms with Crippen LogP contribution in [0, 0.1) is 5.82 Å². The van der Waals surface area contributed by atoms with Crippen LogP contribution in [0.4, 0.5) is 4.39 Å². The van der Waals surface area contributed by atoms with Crippen molar-refractivity contribution in [2.45, 2.75) is 19.8 Å². The van der Waals surface area contributed by atoms with Crippen LogP contribution in [0.25, 0.3) is 6.08 Å². The number of benzene rings is 2. The van der Waals surface area contributed by atoms with Crippen molar-refractivity contribution in [1.29, 1.82) is 0 Å². The van der Waals surface area contributed by atoms with E-state index in [4.69, 9.17) is 18.9 Å². The highest BCUT2D eigenvalue weighted by atomic mass is 19.1. The molecule has 2 aromatic rings. The van der Waals surface area contributed by atoms with Gasteiger partial charge in [0.05, 0.1) is 6.61 Å². The molecule has 1 aliphatic rings. The Morgan fingerprint density at radius 3 is 2.42 bits per heavy atom. The molecular weight excluding hydrogens is 429 g/mol. The van der Waals surface area contributed by atoms with Gasteiger partial charge in [0.25, 0.3) is 5.91 Å². The van der Waals surface area contributed by atoms with Gasteiger partial charge in [-0.1, -0.05) is 6.07 Å². The van der Waals surface area contributed by atoms with Gasteiger partial charge in [0.1, 0.15) is 24.8 Å². The summed E-state index contributed by atoms with van der Waals surface area (Å²) in [6.07, 6.45) is 4.84. The van der Waals surface area contributed by atoms with Gasteiger partial charge < -0.3 is 23.8 Å². The van der Waals surface area contributed by atoms with Crippen LogP contribution >= 0.6 is 0 Å². The van der Waals surface area contributed by atoms with Crippen LogP contribution in [0.2, 0.25) is 0 Å². The number of nitrogens with zero attached hydrogens (tertiary/aromatic N) is 1. The topological polar surface area (TPSA) is 74.3 Å². The molecule has 0 aliphatic carbocycles. The zero-order valence-corrected chi connectivity index (χ0v) is 18.6. The highest BCUT2D eigenvalue weighted by Crippen LogP contribution is 2.29. The quantitative estimate of drug-likeness (QED) is 0.290. The van der Waals surface area contributed by atoms with Crippen molar-refractivity contribution in [2.75, 3.05) is 39.5 Å². The van der Waals surface area contributed by atoms with Gasteiger partial charge in [-0.05, 0) is 67.8 Å². The first kappa shape index (κ1) is 24.1. The molecule has 0 bridgehead atoms. The van der Waals surface area contributed by atoms with Crippen molar-refractivity contribution in [2.24, 2.45) is 0 Å². The van der Waals surface area contributed by atoms with Crippen LogP contribution in [0.3, 0.4) is 0 Å². The van der Waals surface area contributed by atoms with Crippen molar-refractivity contribution in [1.82, 2.24) is 4.90 Å².